The number of hydrogen-bond acceptors (Lipinski definition) is 3. The van der Waals surface area contributed by atoms with Crippen LogP contribution in [0, 0.1) is 5.92 Å². The molecular formula is C9H17NO3. The van der Waals surface area contributed by atoms with E-state index in [0.717, 1.165) is 0 Å². The van der Waals surface area contributed by atoms with Crippen LogP contribution in [-0.2, 0) is 9.53 Å². The van der Waals surface area contributed by atoms with Crippen LogP contribution in [0.1, 0.15) is 27.2 Å². The van der Waals surface area contributed by atoms with Crippen LogP contribution < -0.4 is 5.32 Å². The monoisotopic (exact) mass is 187 g/mol. The molecule has 0 aliphatic carbocycles. The number of amides is 1. The number of ether oxygens (including phenoxy) is 1. The number of carbonyl (C=O) groups excluding carboxylic acids is 1. The maximum Gasteiger partial charge on any atom is 0.220 e. The Kier molecular flexibility index (Phi) is 2.93. The Morgan fingerprint density at radius 2 is 2.23 bits per heavy atom. The van der Waals surface area contributed by atoms with Crippen molar-refractivity contribution in [3.63, 3.8) is 0 Å². The van der Waals surface area contributed by atoms with Crippen molar-refractivity contribution in [1.29, 1.82) is 0 Å². The zero-order valence-electron chi connectivity index (χ0n) is 8.33. The lowest BCUT2D eigenvalue weighted by Crippen LogP contribution is -2.51. The van der Waals surface area contributed by atoms with Gasteiger partial charge in [-0.25, -0.2) is 0 Å². The molecule has 0 bridgehead atoms. The van der Waals surface area contributed by atoms with Gasteiger partial charge >= 0.3 is 0 Å². The van der Waals surface area contributed by atoms with E-state index in [4.69, 9.17) is 4.74 Å². The van der Waals surface area contributed by atoms with E-state index in [0.29, 0.717) is 13.0 Å². The van der Waals surface area contributed by atoms with Crippen LogP contribution in [0.2, 0.25) is 0 Å². The van der Waals surface area contributed by atoms with Gasteiger partial charge in [0.2, 0.25) is 5.91 Å². The SMILES string of the molecule is CC1CC(=O)NC(C)(C)COC1O. The molecule has 13 heavy (non-hydrogen) atoms. The van der Waals surface area contributed by atoms with Crippen LogP contribution in [0.3, 0.4) is 0 Å². The predicted molar refractivity (Wildman–Crippen MR) is 48.0 cm³/mol. The van der Waals surface area contributed by atoms with Gasteiger partial charge in [-0.3, -0.25) is 4.79 Å². The minimum Gasteiger partial charge on any atom is -0.368 e. The van der Waals surface area contributed by atoms with Crippen LogP contribution in [0.4, 0.5) is 0 Å². The van der Waals surface area contributed by atoms with Crippen molar-refractivity contribution in [3.8, 4) is 0 Å². The number of carbonyl (C=O) groups is 1. The highest BCUT2D eigenvalue weighted by molar-refractivity contribution is 5.77. The Morgan fingerprint density at radius 3 is 2.85 bits per heavy atom. The Balaban J connectivity index is 2.64. The topological polar surface area (TPSA) is 58.6 Å². The third-order valence-electron chi connectivity index (χ3n) is 2.09. The highest BCUT2D eigenvalue weighted by Crippen LogP contribution is 2.16. The average molecular weight is 187 g/mol. The molecule has 0 saturated carbocycles. The molecule has 1 aliphatic heterocycles. The summed E-state index contributed by atoms with van der Waals surface area (Å²) < 4.78 is 5.20. The lowest BCUT2D eigenvalue weighted by Gasteiger charge is -2.32. The van der Waals surface area contributed by atoms with Crippen molar-refractivity contribution in [2.24, 2.45) is 5.92 Å². The molecule has 0 spiro atoms. The van der Waals surface area contributed by atoms with E-state index >= 15 is 0 Å². The maximum atomic E-state index is 11.3. The van der Waals surface area contributed by atoms with Gasteiger partial charge < -0.3 is 15.2 Å². The highest BCUT2D eigenvalue weighted by Gasteiger charge is 2.29. The first-order chi connectivity index (χ1) is 5.91. The van der Waals surface area contributed by atoms with Crippen LogP contribution in [0.15, 0.2) is 0 Å². The van der Waals surface area contributed by atoms with E-state index in [1.54, 1.807) is 6.92 Å². The molecule has 4 nitrogen and oxygen atoms in total. The van der Waals surface area contributed by atoms with Gasteiger partial charge in [-0.15, -0.1) is 0 Å². The third kappa shape index (κ3) is 2.97. The minimum absolute atomic E-state index is 0.0279. The number of aliphatic hydroxyl groups excluding tert-OH is 1. The van der Waals surface area contributed by atoms with Crippen LogP contribution >= 0.6 is 0 Å². The summed E-state index contributed by atoms with van der Waals surface area (Å²) in [5.74, 6) is -0.170. The molecule has 1 saturated heterocycles. The Bertz CT molecular complexity index is 203. The molecule has 0 aromatic heterocycles. The number of aliphatic hydroxyl groups is 1. The standard InChI is InChI=1S/C9H17NO3/c1-6-4-7(11)10-9(2,3)5-13-8(6)12/h6,8,12H,4-5H2,1-3H3,(H,10,11). The molecule has 2 atom stereocenters. The molecule has 1 aliphatic rings. The normalized spacial score (nSPS) is 34.6. The van der Waals surface area contributed by atoms with E-state index in [1.807, 2.05) is 13.8 Å². The molecule has 1 rings (SSSR count). The zero-order chi connectivity index (χ0) is 10.1. The molecule has 76 valence electrons. The molecule has 0 aromatic carbocycles. The molecule has 2 N–H and O–H groups in total. The Labute approximate surface area is 78.3 Å². The number of rotatable bonds is 0. The van der Waals surface area contributed by atoms with E-state index in [-0.39, 0.29) is 11.8 Å². The first-order valence-corrected chi connectivity index (χ1v) is 4.51. The molecule has 2 unspecified atom stereocenters. The van der Waals surface area contributed by atoms with Crippen LogP contribution in [-0.4, -0.2) is 29.4 Å². The van der Waals surface area contributed by atoms with E-state index in [1.165, 1.54) is 0 Å². The van der Waals surface area contributed by atoms with Crippen molar-refractivity contribution in [2.45, 2.75) is 39.0 Å². The molecular weight excluding hydrogens is 170 g/mol. The summed E-state index contributed by atoms with van der Waals surface area (Å²) in [6, 6.07) is 0. The zero-order valence-corrected chi connectivity index (χ0v) is 8.33. The van der Waals surface area contributed by atoms with Gasteiger partial charge in [-0.1, -0.05) is 6.92 Å². The molecule has 4 heteroatoms. The molecule has 1 fully saturated rings. The van der Waals surface area contributed by atoms with Crippen molar-refractivity contribution < 1.29 is 14.6 Å². The quantitative estimate of drug-likeness (QED) is 0.571. The molecule has 0 radical (unpaired) electrons. The van der Waals surface area contributed by atoms with Crippen molar-refractivity contribution >= 4 is 5.91 Å². The average Bonchev–Trinajstić information content (AvgIpc) is 1.97. The summed E-state index contributed by atoms with van der Waals surface area (Å²) in [7, 11) is 0. The molecule has 1 heterocycles. The summed E-state index contributed by atoms with van der Waals surface area (Å²) in [6.07, 6.45) is -0.518. The Morgan fingerprint density at radius 1 is 1.62 bits per heavy atom. The fourth-order valence-corrected chi connectivity index (χ4v) is 1.32. The summed E-state index contributed by atoms with van der Waals surface area (Å²) in [5.41, 5.74) is -0.391. The van der Waals surface area contributed by atoms with Gasteiger partial charge in [0.15, 0.2) is 6.29 Å². The fourth-order valence-electron chi connectivity index (χ4n) is 1.32. The summed E-state index contributed by atoms with van der Waals surface area (Å²) in [4.78, 5) is 11.3. The fraction of sp³-hybridized carbons (Fsp3) is 0.889. The van der Waals surface area contributed by atoms with Gasteiger partial charge in [0.25, 0.3) is 0 Å². The van der Waals surface area contributed by atoms with Crippen LogP contribution in [0.25, 0.3) is 0 Å². The minimum atomic E-state index is -0.828. The van der Waals surface area contributed by atoms with Gasteiger partial charge in [0.05, 0.1) is 12.1 Å². The second-order valence-corrected chi connectivity index (χ2v) is 4.32. The molecule has 0 aromatic rings. The van der Waals surface area contributed by atoms with Gasteiger partial charge in [0.1, 0.15) is 0 Å². The Hall–Kier alpha value is -0.610. The number of nitrogens with one attached hydrogen (secondary N) is 1. The highest BCUT2D eigenvalue weighted by atomic mass is 16.6. The van der Waals surface area contributed by atoms with Gasteiger partial charge in [-0.2, -0.15) is 0 Å². The van der Waals surface area contributed by atoms with Gasteiger partial charge in [0, 0.05) is 12.3 Å². The first-order valence-electron chi connectivity index (χ1n) is 4.51. The second-order valence-electron chi connectivity index (χ2n) is 4.32. The number of hydrogen-bond donors (Lipinski definition) is 2. The lowest BCUT2D eigenvalue weighted by molar-refractivity contribution is -0.160. The second kappa shape index (κ2) is 3.64. The third-order valence-corrected chi connectivity index (χ3v) is 2.09. The smallest absolute Gasteiger partial charge is 0.220 e. The first kappa shape index (κ1) is 10.5. The predicted octanol–water partition coefficient (Wildman–Crippen LogP) is 0.256. The maximum absolute atomic E-state index is 11.3. The molecule has 1 amide bonds. The van der Waals surface area contributed by atoms with Crippen molar-refractivity contribution in [3.05, 3.63) is 0 Å². The van der Waals surface area contributed by atoms with E-state index in [9.17, 15) is 9.90 Å². The van der Waals surface area contributed by atoms with Crippen LogP contribution in [0.5, 0.6) is 0 Å². The van der Waals surface area contributed by atoms with Gasteiger partial charge in [-0.05, 0) is 13.8 Å². The lowest BCUT2D eigenvalue weighted by atomic mass is 10.0. The van der Waals surface area contributed by atoms with E-state index < -0.39 is 11.8 Å². The summed E-state index contributed by atoms with van der Waals surface area (Å²) in [5, 5.41) is 12.3. The van der Waals surface area contributed by atoms with Crippen molar-refractivity contribution in [1.82, 2.24) is 5.32 Å². The summed E-state index contributed by atoms with van der Waals surface area (Å²) >= 11 is 0. The largest absolute Gasteiger partial charge is 0.368 e. The van der Waals surface area contributed by atoms with Crippen molar-refractivity contribution in [2.75, 3.05) is 6.61 Å². The summed E-state index contributed by atoms with van der Waals surface area (Å²) in [6.45, 7) is 5.87. The van der Waals surface area contributed by atoms with E-state index in [2.05, 4.69) is 5.32 Å².